The first kappa shape index (κ1) is 13.1. The van der Waals surface area contributed by atoms with Crippen LogP contribution in [0.15, 0.2) is 24.5 Å². The fraction of sp³-hybridized carbons (Fsp3) is 0.467. The lowest BCUT2D eigenvalue weighted by atomic mass is 10.1. The van der Waals surface area contributed by atoms with Crippen LogP contribution in [0.4, 0.5) is 11.5 Å². The first-order chi connectivity index (χ1) is 9.83. The van der Waals surface area contributed by atoms with E-state index in [0.29, 0.717) is 6.10 Å². The summed E-state index contributed by atoms with van der Waals surface area (Å²) < 4.78 is 5.73. The number of benzene rings is 1. The van der Waals surface area contributed by atoms with E-state index >= 15 is 0 Å². The molecular weight excluding hydrogens is 252 g/mol. The Balaban J connectivity index is 1.65. The van der Waals surface area contributed by atoms with Crippen molar-refractivity contribution in [1.82, 2.24) is 9.97 Å². The molecule has 0 spiro atoms. The van der Waals surface area contributed by atoms with E-state index in [2.05, 4.69) is 15.3 Å². The van der Waals surface area contributed by atoms with E-state index in [1.807, 2.05) is 18.2 Å². The van der Waals surface area contributed by atoms with Crippen molar-refractivity contribution in [3.63, 3.8) is 0 Å². The molecular formula is C15H20N4O. The number of fused-ring (bicyclic) bond motifs is 1. The van der Waals surface area contributed by atoms with Crippen LogP contribution in [0.1, 0.15) is 25.7 Å². The van der Waals surface area contributed by atoms with Crippen LogP contribution in [-0.4, -0.2) is 29.2 Å². The molecule has 1 aromatic heterocycles. The van der Waals surface area contributed by atoms with Gasteiger partial charge < -0.3 is 15.8 Å². The van der Waals surface area contributed by atoms with Crippen LogP contribution in [0, 0.1) is 0 Å². The highest BCUT2D eigenvalue weighted by Crippen LogP contribution is 2.22. The molecule has 1 atom stereocenters. The maximum Gasteiger partial charge on any atom is 0.137 e. The highest BCUT2D eigenvalue weighted by Gasteiger charge is 2.13. The molecule has 2 heterocycles. The highest BCUT2D eigenvalue weighted by molar-refractivity contribution is 5.90. The maximum absolute atomic E-state index is 5.77. The third kappa shape index (κ3) is 2.99. The number of anilines is 2. The topological polar surface area (TPSA) is 73.1 Å². The Bertz CT molecular complexity index is 581. The Hall–Kier alpha value is -1.88. The third-order valence-corrected chi connectivity index (χ3v) is 3.69. The molecule has 1 aliphatic heterocycles. The van der Waals surface area contributed by atoms with E-state index in [9.17, 15) is 0 Å². The Morgan fingerprint density at radius 3 is 3.10 bits per heavy atom. The van der Waals surface area contributed by atoms with E-state index in [1.54, 1.807) is 6.33 Å². The summed E-state index contributed by atoms with van der Waals surface area (Å²) >= 11 is 0. The van der Waals surface area contributed by atoms with Crippen molar-refractivity contribution >= 4 is 22.4 Å². The molecule has 1 aliphatic rings. The van der Waals surface area contributed by atoms with Crippen LogP contribution in [0.25, 0.3) is 10.9 Å². The van der Waals surface area contributed by atoms with Crippen molar-refractivity contribution in [2.45, 2.75) is 31.8 Å². The van der Waals surface area contributed by atoms with Crippen molar-refractivity contribution in [3.05, 3.63) is 24.5 Å². The van der Waals surface area contributed by atoms with Crippen LogP contribution in [0.3, 0.4) is 0 Å². The summed E-state index contributed by atoms with van der Waals surface area (Å²) in [6.45, 7) is 1.77. The summed E-state index contributed by atoms with van der Waals surface area (Å²) in [7, 11) is 0. The number of hydrogen-bond donors (Lipinski definition) is 2. The summed E-state index contributed by atoms with van der Waals surface area (Å²) in [5, 5.41) is 4.39. The Morgan fingerprint density at radius 1 is 1.30 bits per heavy atom. The fourth-order valence-corrected chi connectivity index (χ4v) is 2.60. The van der Waals surface area contributed by atoms with Crippen molar-refractivity contribution in [3.8, 4) is 0 Å². The molecule has 2 aromatic rings. The molecule has 1 aromatic carbocycles. The predicted octanol–water partition coefficient (Wildman–Crippen LogP) is 2.58. The Kier molecular flexibility index (Phi) is 3.97. The van der Waals surface area contributed by atoms with Crippen LogP contribution in [0.2, 0.25) is 0 Å². The van der Waals surface area contributed by atoms with Gasteiger partial charge in [-0.3, -0.25) is 0 Å². The zero-order chi connectivity index (χ0) is 13.8. The van der Waals surface area contributed by atoms with E-state index in [0.717, 1.165) is 42.0 Å². The number of nitrogens with two attached hydrogens (primary N) is 1. The van der Waals surface area contributed by atoms with Crippen molar-refractivity contribution in [2.75, 3.05) is 24.2 Å². The van der Waals surface area contributed by atoms with Crippen LogP contribution >= 0.6 is 0 Å². The molecule has 5 nitrogen and oxygen atoms in total. The molecule has 1 saturated heterocycles. The first-order valence-corrected chi connectivity index (χ1v) is 7.18. The summed E-state index contributed by atoms with van der Waals surface area (Å²) in [4.78, 5) is 8.56. The van der Waals surface area contributed by atoms with Gasteiger partial charge in [0, 0.05) is 24.2 Å². The highest BCUT2D eigenvalue weighted by atomic mass is 16.5. The molecule has 3 N–H and O–H groups in total. The molecule has 1 unspecified atom stereocenters. The number of nitrogens with one attached hydrogen (secondary N) is 1. The summed E-state index contributed by atoms with van der Waals surface area (Å²) in [6.07, 6.45) is 6.62. The quantitative estimate of drug-likeness (QED) is 0.837. The van der Waals surface area contributed by atoms with Crippen molar-refractivity contribution in [2.24, 2.45) is 0 Å². The maximum atomic E-state index is 5.77. The van der Waals surface area contributed by atoms with E-state index in [4.69, 9.17) is 10.5 Å². The molecule has 0 radical (unpaired) electrons. The first-order valence-electron chi connectivity index (χ1n) is 7.18. The second-order valence-corrected chi connectivity index (χ2v) is 5.20. The average Bonchev–Trinajstić information content (AvgIpc) is 2.48. The second kappa shape index (κ2) is 6.05. The van der Waals surface area contributed by atoms with E-state index < -0.39 is 0 Å². The molecule has 0 amide bonds. The van der Waals surface area contributed by atoms with Gasteiger partial charge in [-0.25, -0.2) is 9.97 Å². The monoisotopic (exact) mass is 272 g/mol. The smallest absolute Gasteiger partial charge is 0.137 e. The van der Waals surface area contributed by atoms with Gasteiger partial charge in [0.05, 0.1) is 11.6 Å². The zero-order valence-corrected chi connectivity index (χ0v) is 11.5. The molecule has 0 aliphatic carbocycles. The second-order valence-electron chi connectivity index (χ2n) is 5.20. The average molecular weight is 272 g/mol. The van der Waals surface area contributed by atoms with Gasteiger partial charge >= 0.3 is 0 Å². The van der Waals surface area contributed by atoms with Gasteiger partial charge in [-0.2, -0.15) is 0 Å². The van der Waals surface area contributed by atoms with Gasteiger partial charge in [-0.05, 0) is 43.9 Å². The van der Waals surface area contributed by atoms with Gasteiger partial charge in [0.25, 0.3) is 0 Å². The minimum absolute atomic E-state index is 0.389. The van der Waals surface area contributed by atoms with Crippen molar-refractivity contribution < 1.29 is 4.74 Å². The molecule has 3 rings (SSSR count). The minimum atomic E-state index is 0.389. The Labute approximate surface area is 118 Å². The number of rotatable bonds is 4. The van der Waals surface area contributed by atoms with Gasteiger partial charge in [-0.15, -0.1) is 0 Å². The third-order valence-electron chi connectivity index (χ3n) is 3.69. The summed E-state index contributed by atoms with van der Waals surface area (Å²) in [6, 6.07) is 5.71. The largest absolute Gasteiger partial charge is 0.399 e. The predicted molar refractivity (Wildman–Crippen MR) is 80.6 cm³/mol. The van der Waals surface area contributed by atoms with Crippen LogP contribution in [0.5, 0.6) is 0 Å². The van der Waals surface area contributed by atoms with Crippen LogP contribution < -0.4 is 11.1 Å². The molecule has 5 heteroatoms. The lowest BCUT2D eigenvalue weighted by molar-refractivity contribution is 0.0134. The molecule has 106 valence electrons. The summed E-state index contributed by atoms with van der Waals surface area (Å²) in [5.41, 5.74) is 7.37. The van der Waals surface area contributed by atoms with Gasteiger partial charge in [0.2, 0.25) is 0 Å². The van der Waals surface area contributed by atoms with Gasteiger partial charge in [-0.1, -0.05) is 0 Å². The molecule has 0 bridgehead atoms. The number of nitrogen functional groups attached to an aromatic ring is 1. The molecule has 20 heavy (non-hydrogen) atoms. The van der Waals surface area contributed by atoms with E-state index in [1.165, 1.54) is 19.3 Å². The number of aromatic nitrogens is 2. The SMILES string of the molecule is Nc1ccc2c(NCCC3CCCCO3)ncnc2c1. The molecule has 0 saturated carbocycles. The zero-order valence-electron chi connectivity index (χ0n) is 11.5. The fourth-order valence-electron chi connectivity index (χ4n) is 2.60. The summed E-state index contributed by atoms with van der Waals surface area (Å²) in [5.74, 6) is 0.866. The standard InChI is InChI=1S/C15H20N4O/c16-11-4-5-13-14(9-11)18-10-19-15(13)17-7-6-12-3-1-2-8-20-12/h4-5,9-10,12H,1-3,6-8,16H2,(H,17,18,19). The number of nitrogens with zero attached hydrogens (tertiary/aromatic N) is 2. The number of ether oxygens (including phenoxy) is 1. The lowest BCUT2D eigenvalue weighted by Gasteiger charge is -2.22. The van der Waals surface area contributed by atoms with Crippen molar-refractivity contribution in [1.29, 1.82) is 0 Å². The van der Waals surface area contributed by atoms with Gasteiger partial charge in [0.1, 0.15) is 12.1 Å². The van der Waals surface area contributed by atoms with Crippen LogP contribution in [-0.2, 0) is 4.74 Å². The minimum Gasteiger partial charge on any atom is -0.399 e. The van der Waals surface area contributed by atoms with Gasteiger partial charge in [0.15, 0.2) is 0 Å². The normalized spacial score (nSPS) is 19.1. The van der Waals surface area contributed by atoms with E-state index in [-0.39, 0.29) is 0 Å². The Morgan fingerprint density at radius 2 is 2.25 bits per heavy atom. The molecule has 1 fully saturated rings. The number of hydrogen-bond acceptors (Lipinski definition) is 5. The lowest BCUT2D eigenvalue weighted by Crippen LogP contribution is -2.22.